The molecule has 2 aliphatic rings. The minimum Gasteiger partial charge on any atom is -0.323 e. The summed E-state index contributed by atoms with van der Waals surface area (Å²) >= 11 is 0. The maximum atomic E-state index is 6.63. The molecule has 1 aliphatic heterocycles. The van der Waals surface area contributed by atoms with Gasteiger partial charge in [-0.2, -0.15) is 0 Å². The Kier molecular flexibility index (Phi) is 4.42. The van der Waals surface area contributed by atoms with Gasteiger partial charge in [0.05, 0.1) is 0 Å². The summed E-state index contributed by atoms with van der Waals surface area (Å²) in [4.78, 5) is 2.69. The molecule has 1 aromatic carbocycles. The quantitative estimate of drug-likeness (QED) is 0.842. The Morgan fingerprint density at radius 3 is 2.25 bits per heavy atom. The topological polar surface area (TPSA) is 29.3 Å². The predicted octanol–water partition coefficient (Wildman–Crippen LogP) is 3.83. The minimum atomic E-state index is 0.196. The molecular weight excluding hydrogens is 244 g/mol. The molecule has 0 amide bonds. The first-order chi connectivity index (χ1) is 9.77. The maximum absolute atomic E-state index is 6.63. The summed E-state index contributed by atoms with van der Waals surface area (Å²) in [5.74, 6) is 0.640. The van der Waals surface area contributed by atoms with Gasteiger partial charge in [0, 0.05) is 12.1 Å². The standard InChI is InChI=1S/C18H28N2/c1-14-13-17(20-11-7-3-2-4-8-12-20)18(19)16-10-6-5-9-15(14)16/h5-6,9-10,14,17-18H,2-4,7-8,11-13,19H2,1H3. The van der Waals surface area contributed by atoms with Crippen molar-refractivity contribution in [3.05, 3.63) is 35.4 Å². The lowest BCUT2D eigenvalue weighted by Crippen LogP contribution is -2.47. The first-order valence-corrected chi connectivity index (χ1v) is 8.36. The number of likely N-dealkylation sites (tertiary alicyclic amines) is 1. The summed E-state index contributed by atoms with van der Waals surface area (Å²) < 4.78 is 0. The fourth-order valence-corrected chi connectivity index (χ4v) is 4.09. The Labute approximate surface area is 123 Å². The summed E-state index contributed by atoms with van der Waals surface area (Å²) in [6.07, 6.45) is 8.12. The van der Waals surface area contributed by atoms with Crippen molar-refractivity contribution in [2.24, 2.45) is 5.73 Å². The van der Waals surface area contributed by atoms with Gasteiger partial charge in [0.15, 0.2) is 0 Å². The number of rotatable bonds is 1. The van der Waals surface area contributed by atoms with Crippen LogP contribution in [0.4, 0.5) is 0 Å². The number of hydrogen-bond donors (Lipinski definition) is 1. The van der Waals surface area contributed by atoms with E-state index in [2.05, 4.69) is 36.1 Å². The molecule has 0 saturated carbocycles. The number of hydrogen-bond acceptors (Lipinski definition) is 2. The molecule has 3 atom stereocenters. The third-order valence-electron chi connectivity index (χ3n) is 5.26. The average Bonchev–Trinajstić information content (AvgIpc) is 2.43. The summed E-state index contributed by atoms with van der Waals surface area (Å²) in [5.41, 5.74) is 9.49. The van der Waals surface area contributed by atoms with Crippen LogP contribution in [0.3, 0.4) is 0 Å². The van der Waals surface area contributed by atoms with Crippen LogP contribution in [0.25, 0.3) is 0 Å². The number of fused-ring (bicyclic) bond motifs is 1. The zero-order valence-corrected chi connectivity index (χ0v) is 12.7. The van der Waals surface area contributed by atoms with E-state index in [0.717, 1.165) is 0 Å². The van der Waals surface area contributed by atoms with E-state index < -0.39 is 0 Å². The third-order valence-corrected chi connectivity index (χ3v) is 5.26. The van der Waals surface area contributed by atoms with E-state index in [9.17, 15) is 0 Å². The Morgan fingerprint density at radius 1 is 0.950 bits per heavy atom. The molecular formula is C18H28N2. The molecule has 0 spiro atoms. The molecule has 1 aliphatic carbocycles. The number of nitrogens with zero attached hydrogens (tertiary/aromatic N) is 1. The van der Waals surface area contributed by atoms with Crippen molar-refractivity contribution in [1.29, 1.82) is 0 Å². The maximum Gasteiger partial charge on any atom is 0.0456 e. The highest BCUT2D eigenvalue weighted by atomic mass is 15.2. The average molecular weight is 272 g/mol. The van der Waals surface area contributed by atoms with E-state index >= 15 is 0 Å². The minimum absolute atomic E-state index is 0.196. The monoisotopic (exact) mass is 272 g/mol. The van der Waals surface area contributed by atoms with E-state index in [1.54, 1.807) is 0 Å². The Balaban J connectivity index is 1.80. The van der Waals surface area contributed by atoms with Gasteiger partial charge < -0.3 is 5.73 Å². The fraction of sp³-hybridized carbons (Fsp3) is 0.667. The van der Waals surface area contributed by atoms with Crippen molar-refractivity contribution in [3.63, 3.8) is 0 Å². The first kappa shape index (κ1) is 14.1. The van der Waals surface area contributed by atoms with Gasteiger partial charge in [-0.05, 0) is 49.4 Å². The van der Waals surface area contributed by atoms with Gasteiger partial charge >= 0.3 is 0 Å². The van der Waals surface area contributed by atoms with E-state index in [4.69, 9.17) is 5.73 Å². The number of benzene rings is 1. The summed E-state index contributed by atoms with van der Waals surface area (Å²) in [6.45, 7) is 4.85. The van der Waals surface area contributed by atoms with E-state index in [-0.39, 0.29) is 6.04 Å². The van der Waals surface area contributed by atoms with E-state index in [1.165, 1.54) is 62.7 Å². The number of nitrogens with two attached hydrogens (primary N) is 1. The Morgan fingerprint density at radius 2 is 1.55 bits per heavy atom. The highest BCUT2D eigenvalue weighted by molar-refractivity contribution is 5.36. The molecule has 1 fully saturated rings. The van der Waals surface area contributed by atoms with Crippen LogP contribution in [0.1, 0.15) is 68.5 Å². The van der Waals surface area contributed by atoms with Gasteiger partial charge in [-0.15, -0.1) is 0 Å². The van der Waals surface area contributed by atoms with Crippen molar-refractivity contribution < 1.29 is 0 Å². The van der Waals surface area contributed by atoms with Crippen molar-refractivity contribution >= 4 is 0 Å². The molecule has 1 aromatic rings. The SMILES string of the molecule is CC1CC(N2CCCCCCC2)C(N)c2ccccc21. The Hall–Kier alpha value is -0.860. The van der Waals surface area contributed by atoms with Crippen molar-refractivity contribution in [2.75, 3.05) is 13.1 Å². The van der Waals surface area contributed by atoms with Crippen LogP contribution < -0.4 is 5.73 Å². The van der Waals surface area contributed by atoms with Gasteiger partial charge in [0.25, 0.3) is 0 Å². The summed E-state index contributed by atoms with van der Waals surface area (Å²) in [5, 5.41) is 0. The predicted molar refractivity (Wildman–Crippen MR) is 84.8 cm³/mol. The molecule has 1 saturated heterocycles. The molecule has 0 aromatic heterocycles. The molecule has 2 nitrogen and oxygen atoms in total. The van der Waals surface area contributed by atoms with Crippen LogP contribution in [-0.2, 0) is 0 Å². The lowest BCUT2D eigenvalue weighted by atomic mass is 9.77. The van der Waals surface area contributed by atoms with Crippen LogP contribution in [0, 0.1) is 0 Å². The third kappa shape index (κ3) is 2.77. The van der Waals surface area contributed by atoms with Crippen molar-refractivity contribution in [2.45, 2.75) is 63.5 Å². The molecule has 2 heteroatoms. The lowest BCUT2D eigenvalue weighted by molar-refractivity contribution is 0.135. The first-order valence-electron chi connectivity index (χ1n) is 8.36. The zero-order chi connectivity index (χ0) is 13.9. The van der Waals surface area contributed by atoms with Crippen LogP contribution >= 0.6 is 0 Å². The van der Waals surface area contributed by atoms with Crippen LogP contribution in [-0.4, -0.2) is 24.0 Å². The molecule has 3 unspecified atom stereocenters. The highest BCUT2D eigenvalue weighted by Crippen LogP contribution is 2.38. The second-order valence-electron chi connectivity index (χ2n) is 6.66. The normalized spacial score (nSPS) is 32.2. The fourth-order valence-electron chi connectivity index (χ4n) is 4.09. The molecule has 20 heavy (non-hydrogen) atoms. The Bertz CT molecular complexity index is 435. The zero-order valence-electron chi connectivity index (χ0n) is 12.7. The van der Waals surface area contributed by atoms with Crippen LogP contribution in [0.2, 0.25) is 0 Å². The summed E-state index contributed by atoms with van der Waals surface area (Å²) in [7, 11) is 0. The second kappa shape index (κ2) is 6.28. The largest absolute Gasteiger partial charge is 0.323 e. The highest BCUT2D eigenvalue weighted by Gasteiger charge is 2.34. The molecule has 1 heterocycles. The molecule has 110 valence electrons. The van der Waals surface area contributed by atoms with Gasteiger partial charge in [0.2, 0.25) is 0 Å². The second-order valence-corrected chi connectivity index (χ2v) is 6.66. The van der Waals surface area contributed by atoms with Gasteiger partial charge in [-0.25, -0.2) is 0 Å². The van der Waals surface area contributed by atoms with Gasteiger partial charge in [-0.1, -0.05) is 50.5 Å². The lowest BCUT2D eigenvalue weighted by Gasteiger charge is -2.42. The molecule has 2 N–H and O–H groups in total. The van der Waals surface area contributed by atoms with Crippen molar-refractivity contribution in [1.82, 2.24) is 4.90 Å². The van der Waals surface area contributed by atoms with Gasteiger partial charge in [0.1, 0.15) is 0 Å². The molecule has 0 bridgehead atoms. The molecule has 3 rings (SSSR count). The van der Waals surface area contributed by atoms with Crippen LogP contribution in [0.15, 0.2) is 24.3 Å². The summed E-state index contributed by atoms with van der Waals surface area (Å²) in [6, 6.07) is 9.54. The molecule has 0 radical (unpaired) electrons. The van der Waals surface area contributed by atoms with Gasteiger partial charge in [-0.3, -0.25) is 4.90 Å². The van der Waals surface area contributed by atoms with Crippen molar-refractivity contribution in [3.8, 4) is 0 Å². The smallest absolute Gasteiger partial charge is 0.0456 e. The van der Waals surface area contributed by atoms with E-state index in [0.29, 0.717) is 12.0 Å². The van der Waals surface area contributed by atoms with Crippen LogP contribution in [0.5, 0.6) is 0 Å². The van der Waals surface area contributed by atoms with E-state index in [1.807, 2.05) is 0 Å².